The minimum absolute atomic E-state index is 0.0432. The molecule has 0 aromatic heterocycles. The van der Waals surface area contributed by atoms with Gasteiger partial charge in [-0.3, -0.25) is 19.2 Å². The van der Waals surface area contributed by atoms with E-state index in [-0.39, 0.29) is 35.9 Å². The summed E-state index contributed by atoms with van der Waals surface area (Å²) < 4.78 is 53.1. The van der Waals surface area contributed by atoms with Crippen LogP contribution in [0.15, 0.2) is 18.2 Å². The first-order chi connectivity index (χ1) is 17.9. The molecule has 39 heavy (non-hydrogen) atoms. The molecule has 0 radical (unpaired) electrons. The molecular weight excluding hydrogens is 522 g/mol. The van der Waals surface area contributed by atoms with E-state index in [0.717, 1.165) is 0 Å². The van der Waals surface area contributed by atoms with Crippen LogP contribution in [-0.2, 0) is 19.2 Å². The molecule has 2 heterocycles. The summed E-state index contributed by atoms with van der Waals surface area (Å²) in [5.74, 6) is -5.84. The second-order valence-corrected chi connectivity index (χ2v) is 12.3. The third-order valence-corrected chi connectivity index (χ3v) is 8.21. The van der Waals surface area contributed by atoms with Gasteiger partial charge in [0.25, 0.3) is 0 Å². The molecule has 5 N–H and O–H groups in total. The average molecular weight is 556 g/mol. The molecular formula is C26H33F4N5O4. The molecule has 0 bridgehead atoms. The number of fused-ring (bicyclic) bond motifs is 2. The van der Waals surface area contributed by atoms with E-state index in [0.29, 0.717) is 5.56 Å². The van der Waals surface area contributed by atoms with E-state index in [2.05, 4.69) is 10.6 Å². The van der Waals surface area contributed by atoms with E-state index in [1.165, 1.54) is 37.8 Å². The monoisotopic (exact) mass is 555 g/mol. The number of nitrogens with two attached hydrogens (primary N) is 1. The SMILES string of the molecule is CC(C)(C)[C@H](NC(=O)C(F)(F)F)C(=O)N1C[C@H]2[C@@H]([C@H]1C(=O)N[C@H](N)CC1C(=O)Nc3c(F)cccc31)C2(C)C. The first-order valence-electron chi connectivity index (χ1n) is 12.7. The Bertz CT molecular complexity index is 1210. The molecule has 6 atom stereocenters. The van der Waals surface area contributed by atoms with Crippen LogP contribution in [0.1, 0.15) is 52.5 Å². The normalized spacial score (nSPS) is 26.7. The number of halogens is 4. The quantitative estimate of drug-likeness (QED) is 0.316. The van der Waals surface area contributed by atoms with Gasteiger partial charge in [0.1, 0.15) is 17.9 Å². The Hall–Kier alpha value is -3.22. The molecule has 2 aliphatic heterocycles. The number of nitrogens with one attached hydrogen (secondary N) is 3. The summed E-state index contributed by atoms with van der Waals surface area (Å²) >= 11 is 0. The van der Waals surface area contributed by atoms with Crippen molar-refractivity contribution in [2.24, 2.45) is 28.4 Å². The van der Waals surface area contributed by atoms with Gasteiger partial charge < -0.3 is 26.6 Å². The Morgan fingerprint density at radius 1 is 1.18 bits per heavy atom. The van der Waals surface area contributed by atoms with Crippen molar-refractivity contribution >= 4 is 29.3 Å². The highest BCUT2D eigenvalue weighted by Crippen LogP contribution is 2.65. The molecule has 1 saturated carbocycles. The summed E-state index contributed by atoms with van der Waals surface area (Å²) in [6.07, 6.45) is -6.27. The Kier molecular flexibility index (Phi) is 6.98. The maximum atomic E-state index is 14.1. The molecule has 13 heteroatoms. The van der Waals surface area contributed by atoms with E-state index in [9.17, 15) is 36.7 Å². The van der Waals surface area contributed by atoms with Gasteiger partial charge in [-0.25, -0.2) is 4.39 Å². The standard InChI is InChI=1S/C26H33F4N5O4/c1-24(2,3)19(34-23(39)26(28,29)30)22(38)35-10-13-16(25(13,4)5)18(35)21(37)32-15(31)9-12-11-7-6-8-14(27)17(11)33-20(12)36/h6-8,12-13,15-16,18-19H,9-10,31H2,1-5H3,(H,32,37)(H,33,36)(H,34,39)/t12?,13-,15-,16-,18-,19+/m0/s1. The maximum absolute atomic E-state index is 14.1. The molecule has 1 aromatic carbocycles. The predicted octanol–water partition coefficient (Wildman–Crippen LogP) is 2.23. The van der Waals surface area contributed by atoms with Crippen LogP contribution in [0.2, 0.25) is 0 Å². The zero-order chi connectivity index (χ0) is 29.2. The zero-order valence-electron chi connectivity index (χ0n) is 22.3. The number of hydrogen-bond donors (Lipinski definition) is 4. The largest absolute Gasteiger partial charge is 0.471 e. The van der Waals surface area contributed by atoms with Crippen LogP contribution in [0, 0.1) is 28.5 Å². The maximum Gasteiger partial charge on any atom is 0.471 e. The smallest absolute Gasteiger partial charge is 0.339 e. The summed E-state index contributed by atoms with van der Waals surface area (Å²) in [5.41, 5.74) is 5.28. The molecule has 3 aliphatic rings. The minimum atomic E-state index is -5.18. The lowest BCUT2D eigenvalue weighted by Crippen LogP contribution is -2.61. The van der Waals surface area contributed by atoms with Gasteiger partial charge in [-0.1, -0.05) is 46.8 Å². The fourth-order valence-electron chi connectivity index (χ4n) is 5.97. The highest BCUT2D eigenvalue weighted by Gasteiger charge is 2.70. The van der Waals surface area contributed by atoms with Crippen molar-refractivity contribution in [1.29, 1.82) is 0 Å². The van der Waals surface area contributed by atoms with Crippen molar-refractivity contribution in [1.82, 2.24) is 15.5 Å². The third kappa shape index (κ3) is 5.20. The van der Waals surface area contributed by atoms with E-state index < -0.39 is 65.2 Å². The van der Waals surface area contributed by atoms with Crippen LogP contribution in [0.25, 0.3) is 0 Å². The number of anilines is 1. The van der Waals surface area contributed by atoms with Crippen molar-refractivity contribution in [3.05, 3.63) is 29.6 Å². The number of alkyl halides is 3. The number of piperidine rings is 1. The molecule has 1 aromatic rings. The van der Waals surface area contributed by atoms with Gasteiger partial charge in [0.05, 0.1) is 17.8 Å². The van der Waals surface area contributed by atoms with Gasteiger partial charge in [0, 0.05) is 6.54 Å². The topological polar surface area (TPSA) is 134 Å². The molecule has 4 rings (SSSR count). The van der Waals surface area contributed by atoms with Crippen LogP contribution in [0.4, 0.5) is 23.2 Å². The van der Waals surface area contributed by atoms with Gasteiger partial charge in [-0.15, -0.1) is 0 Å². The molecule has 1 unspecified atom stereocenters. The Labute approximate surface area is 223 Å². The summed E-state index contributed by atoms with van der Waals surface area (Å²) in [4.78, 5) is 52.5. The number of carbonyl (C=O) groups excluding carboxylic acids is 4. The van der Waals surface area contributed by atoms with Crippen molar-refractivity contribution in [3.63, 3.8) is 0 Å². The summed E-state index contributed by atoms with van der Waals surface area (Å²) in [6.45, 7) is 8.56. The number of likely N-dealkylation sites (tertiary alicyclic amines) is 1. The lowest BCUT2D eigenvalue weighted by Gasteiger charge is -2.38. The first-order valence-corrected chi connectivity index (χ1v) is 12.7. The number of amides is 4. The molecule has 214 valence electrons. The fourth-order valence-corrected chi connectivity index (χ4v) is 5.97. The summed E-state index contributed by atoms with van der Waals surface area (Å²) in [7, 11) is 0. The minimum Gasteiger partial charge on any atom is -0.339 e. The second-order valence-electron chi connectivity index (χ2n) is 12.3. The molecule has 4 amide bonds. The number of para-hydroxylation sites is 1. The highest BCUT2D eigenvalue weighted by atomic mass is 19.4. The van der Waals surface area contributed by atoms with Gasteiger partial charge in [0.2, 0.25) is 17.7 Å². The molecule has 1 saturated heterocycles. The summed E-state index contributed by atoms with van der Waals surface area (Å²) in [5, 5.41) is 6.92. The number of rotatable bonds is 6. The Morgan fingerprint density at radius 2 is 1.82 bits per heavy atom. The number of hydrogen-bond acceptors (Lipinski definition) is 5. The van der Waals surface area contributed by atoms with Crippen molar-refractivity contribution < 1.29 is 36.7 Å². The fraction of sp³-hybridized carbons (Fsp3) is 0.615. The predicted molar refractivity (Wildman–Crippen MR) is 132 cm³/mol. The van der Waals surface area contributed by atoms with Crippen molar-refractivity contribution in [2.45, 2.75) is 71.4 Å². The second kappa shape index (κ2) is 9.46. The van der Waals surface area contributed by atoms with Crippen LogP contribution >= 0.6 is 0 Å². The van der Waals surface area contributed by atoms with Gasteiger partial charge in [-0.05, 0) is 40.7 Å². The van der Waals surface area contributed by atoms with Gasteiger partial charge in [0.15, 0.2) is 0 Å². The molecule has 0 spiro atoms. The Morgan fingerprint density at radius 3 is 2.41 bits per heavy atom. The van der Waals surface area contributed by atoms with Gasteiger partial charge in [-0.2, -0.15) is 13.2 Å². The summed E-state index contributed by atoms with van der Waals surface area (Å²) in [6, 6.07) is 1.70. The zero-order valence-corrected chi connectivity index (χ0v) is 22.3. The molecule has 2 fully saturated rings. The van der Waals surface area contributed by atoms with E-state index >= 15 is 0 Å². The van der Waals surface area contributed by atoms with E-state index in [1.54, 1.807) is 11.4 Å². The third-order valence-electron chi connectivity index (χ3n) is 8.21. The molecule has 1 aliphatic carbocycles. The van der Waals surface area contributed by atoms with E-state index in [1.807, 2.05) is 13.8 Å². The first kappa shape index (κ1) is 28.8. The van der Waals surface area contributed by atoms with Crippen LogP contribution in [0.5, 0.6) is 0 Å². The van der Waals surface area contributed by atoms with Gasteiger partial charge >= 0.3 is 12.1 Å². The lowest BCUT2D eigenvalue weighted by atomic mass is 9.85. The Balaban J connectivity index is 1.52. The molecule has 9 nitrogen and oxygen atoms in total. The van der Waals surface area contributed by atoms with Crippen LogP contribution in [-0.4, -0.2) is 59.5 Å². The van der Waals surface area contributed by atoms with E-state index in [4.69, 9.17) is 5.73 Å². The number of carbonyl (C=O) groups is 4. The lowest BCUT2D eigenvalue weighted by molar-refractivity contribution is -0.176. The van der Waals surface area contributed by atoms with Crippen LogP contribution < -0.4 is 21.7 Å². The average Bonchev–Trinajstić information content (AvgIpc) is 3.12. The van der Waals surface area contributed by atoms with Crippen LogP contribution in [0.3, 0.4) is 0 Å². The van der Waals surface area contributed by atoms with Crippen molar-refractivity contribution in [2.75, 3.05) is 11.9 Å². The number of benzene rings is 1. The van der Waals surface area contributed by atoms with Crippen molar-refractivity contribution in [3.8, 4) is 0 Å². The number of nitrogens with zero attached hydrogens (tertiary/aromatic N) is 1. The highest BCUT2D eigenvalue weighted by molar-refractivity contribution is 6.03.